The van der Waals surface area contributed by atoms with Crippen LogP contribution in [0.2, 0.25) is 0 Å². The molecule has 2 unspecified atom stereocenters. The van der Waals surface area contributed by atoms with Crippen LogP contribution in [-0.2, 0) is 12.8 Å². The zero-order valence-electron chi connectivity index (χ0n) is 12.7. The van der Waals surface area contributed by atoms with E-state index >= 15 is 0 Å². The largest absolute Gasteiger partial charge is 0.493 e. The van der Waals surface area contributed by atoms with Crippen molar-refractivity contribution in [2.75, 3.05) is 18.9 Å². The molecule has 0 bridgehead atoms. The molecular weight excluding hydrogens is 346 g/mol. The van der Waals surface area contributed by atoms with E-state index in [4.69, 9.17) is 4.74 Å². The van der Waals surface area contributed by atoms with Gasteiger partial charge in [-0.15, -0.1) is 0 Å². The molecule has 2 heterocycles. The van der Waals surface area contributed by atoms with Crippen molar-refractivity contribution < 1.29 is 4.74 Å². The Kier molecular flexibility index (Phi) is 5.52. The Morgan fingerprint density at radius 1 is 1.43 bits per heavy atom. The highest BCUT2D eigenvalue weighted by Crippen LogP contribution is 2.36. The van der Waals surface area contributed by atoms with Gasteiger partial charge in [0.05, 0.1) is 6.61 Å². The molecule has 0 saturated carbocycles. The van der Waals surface area contributed by atoms with Crippen molar-refractivity contribution in [1.29, 1.82) is 0 Å². The SMILES string of the molecule is CCNC(Cc1cc(Br)cc2c1OCC2)C1CCCCS1. The third-order valence-corrected chi connectivity index (χ3v) is 6.37. The summed E-state index contributed by atoms with van der Waals surface area (Å²) in [5.74, 6) is 2.47. The molecule has 2 aliphatic rings. The van der Waals surface area contributed by atoms with E-state index < -0.39 is 0 Å². The number of halogens is 1. The lowest BCUT2D eigenvalue weighted by Crippen LogP contribution is -2.41. The summed E-state index contributed by atoms with van der Waals surface area (Å²) < 4.78 is 7.08. The minimum atomic E-state index is 0.558. The van der Waals surface area contributed by atoms with Gasteiger partial charge in [-0.25, -0.2) is 0 Å². The molecule has 1 N–H and O–H groups in total. The highest BCUT2D eigenvalue weighted by Gasteiger charge is 2.26. The summed E-state index contributed by atoms with van der Waals surface area (Å²) in [5, 5.41) is 4.46. The van der Waals surface area contributed by atoms with Gasteiger partial charge in [0.2, 0.25) is 0 Å². The quantitative estimate of drug-likeness (QED) is 0.840. The molecule has 2 aliphatic heterocycles. The Bertz CT molecular complexity index is 488. The maximum absolute atomic E-state index is 5.90. The molecule has 1 aromatic rings. The zero-order chi connectivity index (χ0) is 14.7. The second-order valence-electron chi connectivity index (χ2n) is 5.92. The fourth-order valence-corrected chi connectivity index (χ4v) is 5.40. The Morgan fingerprint density at radius 3 is 3.10 bits per heavy atom. The van der Waals surface area contributed by atoms with Crippen molar-refractivity contribution in [2.45, 2.75) is 50.3 Å². The van der Waals surface area contributed by atoms with Crippen LogP contribution in [0.1, 0.15) is 37.3 Å². The molecule has 2 nitrogen and oxygen atoms in total. The number of thioether (sulfide) groups is 1. The molecule has 3 rings (SSSR count). The van der Waals surface area contributed by atoms with Crippen molar-refractivity contribution in [3.8, 4) is 5.75 Å². The minimum Gasteiger partial charge on any atom is -0.493 e. The van der Waals surface area contributed by atoms with E-state index in [1.807, 2.05) is 0 Å². The predicted octanol–water partition coefficient (Wildman–Crippen LogP) is 4.19. The predicted molar refractivity (Wildman–Crippen MR) is 94.6 cm³/mol. The number of nitrogens with one attached hydrogen (secondary N) is 1. The van der Waals surface area contributed by atoms with Crippen molar-refractivity contribution >= 4 is 27.7 Å². The molecule has 1 saturated heterocycles. The van der Waals surface area contributed by atoms with E-state index in [1.165, 1.54) is 40.6 Å². The van der Waals surface area contributed by atoms with Gasteiger partial charge in [0, 0.05) is 22.2 Å². The summed E-state index contributed by atoms with van der Waals surface area (Å²) in [7, 11) is 0. The van der Waals surface area contributed by atoms with Crippen LogP contribution >= 0.6 is 27.7 Å². The fraction of sp³-hybridized carbons (Fsp3) is 0.647. The van der Waals surface area contributed by atoms with Crippen molar-refractivity contribution in [3.63, 3.8) is 0 Å². The van der Waals surface area contributed by atoms with E-state index in [0.717, 1.165) is 37.0 Å². The molecule has 0 amide bonds. The van der Waals surface area contributed by atoms with E-state index in [1.54, 1.807) is 0 Å². The summed E-state index contributed by atoms with van der Waals surface area (Å²) in [4.78, 5) is 0. The molecule has 4 heteroatoms. The highest BCUT2D eigenvalue weighted by atomic mass is 79.9. The molecule has 0 aromatic heterocycles. The Morgan fingerprint density at radius 2 is 2.33 bits per heavy atom. The van der Waals surface area contributed by atoms with Gasteiger partial charge in [-0.1, -0.05) is 29.3 Å². The number of ether oxygens (including phenoxy) is 1. The number of hydrogen-bond donors (Lipinski definition) is 1. The van der Waals surface area contributed by atoms with Gasteiger partial charge in [0.15, 0.2) is 0 Å². The number of fused-ring (bicyclic) bond motifs is 1. The molecule has 1 fully saturated rings. The average Bonchev–Trinajstić information content (AvgIpc) is 2.96. The normalized spacial score (nSPS) is 22.7. The van der Waals surface area contributed by atoms with Crippen LogP contribution in [0.4, 0.5) is 0 Å². The van der Waals surface area contributed by atoms with Gasteiger partial charge in [0.25, 0.3) is 0 Å². The molecule has 1 aromatic carbocycles. The Balaban J connectivity index is 1.79. The molecule has 0 radical (unpaired) electrons. The van der Waals surface area contributed by atoms with Gasteiger partial charge >= 0.3 is 0 Å². The van der Waals surface area contributed by atoms with Crippen LogP contribution in [0.15, 0.2) is 16.6 Å². The molecule has 116 valence electrons. The standard InChI is InChI=1S/C17H24BrNOS/c1-2-19-15(16-5-3-4-8-21-16)11-13-10-14(18)9-12-6-7-20-17(12)13/h9-10,15-16,19H,2-8,11H2,1H3. The maximum atomic E-state index is 5.90. The summed E-state index contributed by atoms with van der Waals surface area (Å²) in [6.45, 7) is 4.09. The van der Waals surface area contributed by atoms with Crippen molar-refractivity contribution in [1.82, 2.24) is 5.32 Å². The van der Waals surface area contributed by atoms with E-state index in [2.05, 4.69) is 52.1 Å². The summed E-state index contributed by atoms with van der Waals surface area (Å²) in [5.41, 5.74) is 2.74. The first kappa shape index (κ1) is 15.7. The number of likely N-dealkylation sites (N-methyl/N-ethyl adjacent to an activating group) is 1. The van der Waals surface area contributed by atoms with Crippen molar-refractivity contribution in [3.05, 3.63) is 27.7 Å². The van der Waals surface area contributed by atoms with Crippen LogP contribution in [0.5, 0.6) is 5.75 Å². The first-order valence-corrected chi connectivity index (χ1v) is 9.91. The highest BCUT2D eigenvalue weighted by molar-refractivity contribution is 9.10. The molecule has 21 heavy (non-hydrogen) atoms. The van der Waals surface area contributed by atoms with E-state index in [0.29, 0.717) is 6.04 Å². The first-order valence-electron chi connectivity index (χ1n) is 8.07. The van der Waals surface area contributed by atoms with Gasteiger partial charge in [-0.3, -0.25) is 0 Å². The van der Waals surface area contributed by atoms with Gasteiger partial charge in [-0.05, 0) is 54.8 Å². The van der Waals surface area contributed by atoms with Crippen LogP contribution in [0, 0.1) is 0 Å². The van der Waals surface area contributed by atoms with Crippen LogP contribution in [0.3, 0.4) is 0 Å². The molecular formula is C17H24BrNOS. The third-order valence-electron chi connectivity index (χ3n) is 4.40. The second-order valence-corrected chi connectivity index (χ2v) is 8.19. The smallest absolute Gasteiger partial charge is 0.125 e. The molecule has 2 atom stereocenters. The first-order chi connectivity index (χ1) is 10.3. The number of benzene rings is 1. The van der Waals surface area contributed by atoms with Crippen LogP contribution < -0.4 is 10.1 Å². The Hall–Kier alpha value is -0.190. The van der Waals surface area contributed by atoms with Gasteiger partial charge in [-0.2, -0.15) is 11.8 Å². The summed E-state index contributed by atoms with van der Waals surface area (Å²) in [6.07, 6.45) is 6.24. The van der Waals surface area contributed by atoms with E-state index in [-0.39, 0.29) is 0 Å². The van der Waals surface area contributed by atoms with Gasteiger partial charge in [0.1, 0.15) is 5.75 Å². The summed E-state index contributed by atoms with van der Waals surface area (Å²) >= 11 is 5.81. The fourth-order valence-electron chi connectivity index (χ4n) is 3.41. The van der Waals surface area contributed by atoms with Crippen molar-refractivity contribution in [2.24, 2.45) is 0 Å². The maximum Gasteiger partial charge on any atom is 0.125 e. The number of hydrogen-bond acceptors (Lipinski definition) is 3. The van der Waals surface area contributed by atoms with E-state index in [9.17, 15) is 0 Å². The average molecular weight is 370 g/mol. The summed E-state index contributed by atoms with van der Waals surface area (Å²) in [6, 6.07) is 5.02. The van der Waals surface area contributed by atoms with Gasteiger partial charge < -0.3 is 10.1 Å². The zero-order valence-corrected chi connectivity index (χ0v) is 15.1. The third kappa shape index (κ3) is 3.77. The second kappa shape index (κ2) is 7.38. The topological polar surface area (TPSA) is 21.3 Å². The minimum absolute atomic E-state index is 0.558. The molecule has 0 spiro atoms. The monoisotopic (exact) mass is 369 g/mol. The number of rotatable bonds is 5. The Labute approximate surface area is 140 Å². The van der Waals surface area contributed by atoms with Crippen LogP contribution in [0.25, 0.3) is 0 Å². The lowest BCUT2D eigenvalue weighted by atomic mass is 9.97. The lowest BCUT2D eigenvalue weighted by Gasteiger charge is -2.31. The van der Waals surface area contributed by atoms with Crippen LogP contribution in [-0.4, -0.2) is 30.2 Å². The molecule has 0 aliphatic carbocycles. The lowest BCUT2D eigenvalue weighted by molar-refractivity contribution is 0.350.